The second-order valence-corrected chi connectivity index (χ2v) is 6.65. The van der Waals surface area contributed by atoms with E-state index in [9.17, 15) is 9.59 Å². The molecule has 2 aromatic rings. The Balaban J connectivity index is 1.48. The maximum absolute atomic E-state index is 12.6. The highest BCUT2D eigenvalue weighted by atomic mass is 16.3. The molecule has 0 radical (unpaired) electrons. The molecule has 2 saturated heterocycles. The number of furan rings is 1. The van der Waals surface area contributed by atoms with Crippen LogP contribution in [0.2, 0.25) is 0 Å². The Morgan fingerprint density at radius 1 is 1.29 bits per heavy atom. The van der Waals surface area contributed by atoms with E-state index in [4.69, 9.17) is 4.42 Å². The number of piperazine rings is 1. The molecule has 1 aromatic carbocycles. The molecule has 0 saturated carbocycles. The van der Waals surface area contributed by atoms with Crippen molar-refractivity contribution in [3.05, 3.63) is 29.5 Å². The second kappa shape index (κ2) is 5.54. The van der Waals surface area contributed by atoms with E-state index < -0.39 is 0 Å². The highest BCUT2D eigenvalue weighted by Gasteiger charge is 2.36. The van der Waals surface area contributed by atoms with Gasteiger partial charge >= 0.3 is 6.03 Å². The topological polar surface area (TPSA) is 65.8 Å². The summed E-state index contributed by atoms with van der Waals surface area (Å²) in [5.74, 6) is 1.12. The van der Waals surface area contributed by atoms with Gasteiger partial charge in [0, 0.05) is 43.2 Å². The standard InChI is InChI=1S/C18H21N3O3/c1-11-12(2)24-16-5-3-13(9-15(11)16)19-18(23)20-7-8-21-14(10-20)4-6-17(21)22/h3,5,9,14H,4,6-8,10H2,1-2H3,(H,19,23). The summed E-state index contributed by atoms with van der Waals surface area (Å²) < 4.78 is 5.67. The molecule has 6 heteroatoms. The molecule has 0 aliphatic carbocycles. The minimum Gasteiger partial charge on any atom is -0.461 e. The van der Waals surface area contributed by atoms with Gasteiger partial charge in [-0.2, -0.15) is 0 Å². The van der Waals surface area contributed by atoms with Gasteiger partial charge < -0.3 is 19.5 Å². The largest absolute Gasteiger partial charge is 0.461 e. The SMILES string of the molecule is Cc1oc2ccc(NC(=O)N3CCN4C(=O)CCC4C3)cc2c1C. The monoisotopic (exact) mass is 327 g/mol. The fourth-order valence-electron chi connectivity index (χ4n) is 3.67. The molecule has 1 unspecified atom stereocenters. The van der Waals surface area contributed by atoms with Gasteiger partial charge in [-0.15, -0.1) is 0 Å². The minimum absolute atomic E-state index is 0.105. The Hall–Kier alpha value is -2.50. The maximum atomic E-state index is 12.6. The highest BCUT2D eigenvalue weighted by Crippen LogP contribution is 2.28. The van der Waals surface area contributed by atoms with E-state index in [0.717, 1.165) is 34.4 Å². The van der Waals surface area contributed by atoms with Crippen LogP contribution in [0.1, 0.15) is 24.2 Å². The van der Waals surface area contributed by atoms with Gasteiger partial charge in [0.1, 0.15) is 11.3 Å². The number of rotatable bonds is 1. The first-order valence-electron chi connectivity index (χ1n) is 8.38. The molecule has 3 heterocycles. The Bertz CT molecular complexity index is 826. The average Bonchev–Trinajstić information content (AvgIpc) is 3.08. The molecule has 126 valence electrons. The maximum Gasteiger partial charge on any atom is 0.321 e. The normalized spacial score (nSPS) is 20.6. The third-order valence-electron chi connectivity index (χ3n) is 5.21. The number of urea groups is 1. The molecular formula is C18H21N3O3. The van der Waals surface area contributed by atoms with Crippen LogP contribution >= 0.6 is 0 Å². The summed E-state index contributed by atoms with van der Waals surface area (Å²) in [6, 6.07) is 5.77. The van der Waals surface area contributed by atoms with Gasteiger partial charge in [-0.05, 0) is 44.0 Å². The predicted molar refractivity (Wildman–Crippen MR) is 91.0 cm³/mol. The van der Waals surface area contributed by atoms with Crippen LogP contribution in [0.4, 0.5) is 10.5 Å². The van der Waals surface area contributed by atoms with E-state index in [1.54, 1.807) is 4.90 Å². The second-order valence-electron chi connectivity index (χ2n) is 6.65. The van der Waals surface area contributed by atoms with Crippen molar-refractivity contribution in [3.63, 3.8) is 0 Å². The molecule has 1 atom stereocenters. The highest BCUT2D eigenvalue weighted by molar-refractivity contribution is 5.93. The van der Waals surface area contributed by atoms with Crippen LogP contribution in [0.25, 0.3) is 11.0 Å². The number of nitrogens with one attached hydrogen (secondary N) is 1. The van der Waals surface area contributed by atoms with Crippen molar-refractivity contribution in [3.8, 4) is 0 Å². The lowest BCUT2D eigenvalue weighted by Gasteiger charge is -2.37. The van der Waals surface area contributed by atoms with Crippen LogP contribution in [0.5, 0.6) is 0 Å². The summed E-state index contributed by atoms with van der Waals surface area (Å²) in [5, 5.41) is 4.00. The molecule has 6 nitrogen and oxygen atoms in total. The first kappa shape index (κ1) is 15.1. The van der Waals surface area contributed by atoms with Crippen molar-refractivity contribution in [1.82, 2.24) is 9.80 Å². The van der Waals surface area contributed by atoms with Crippen molar-refractivity contribution < 1.29 is 14.0 Å². The summed E-state index contributed by atoms with van der Waals surface area (Å²) in [6.07, 6.45) is 1.46. The number of amides is 3. The molecule has 2 aliphatic rings. The van der Waals surface area contributed by atoms with E-state index in [1.165, 1.54) is 0 Å². The molecule has 3 amide bonds. The van der Waals surface area contributed by atoms with Crippen LogP contribution in [0.15, 0.2) is 22.6 Å². The van der Waals surface area contributed by atoms with Crippen molar-refractivity contribution in [1.29, 1.82) is 0 Å². The molecule has 0 bridgehead atoms. The molecule has 2 aliphatic heterocycles. The zero-order chi connectivity index (χ0) is 16.8. The molecule has 1 N–H and O–H groups in total. The number of carbonyl (C=O) groups excluding carboxylic acids is 2. The number of anilines is 1. The first-order valence-corrected chi connectivity index (χ1v) is 8.38. The van der Waals surface area contributed by atoms with Gasteiger partial charge in [0.15, 0.2) is 0 Å². The zero-order valence-corrected chi connectivity index (χ0v) is 14.0. The lowest BCUT2D eigenvalue weighted by molar-refractivity contribution is -0.130. The van der Waals surface area contributed by atoms with E-state index in [2.05, 4.69) is 5.32 Å². The van der Waals surface area contributed by atoms with Crippen LogP contribution < -0.4 is 5.32 Å². The van der Waals surface area contributed by atoms with Crippen molar-refractivity contribution in [2.24, 2.45) is 0 Å². The number of hydrogen-bond donors (Lipinski definition) is 1. The van der Waals surface area contributed by atoms with Crippen LogP contribution in [0.3, 0.4) is 0 Å². The van der Waals surface area contributed by atoms with E-state index in [1.807, 2.05) is 36.9 Å². The smallest absolute Gasteiger partial charge is 0.321 e. The third kappa shape index (κ3) is 2.42. The summed E-state index contributed by atoms with van der Waals surface area (Å²) in [6.45, 7) is 5.79. The lowest BCUT2D eigenvalue weighted by Crippen LogP contribution is -2.54. The summed E-state index contributed by atoms with van der Waals surface area (Å²) in [7, 11) is 0. The molecule has 24 heavy (non-hydrogen) atoms. The fourth-order valence-corrected chi connectivity index (χ4v) is 3.67. The fraction of sp³-hybridized carbons (Fsp3) is 0.444. The molecular weight excluding hydrogens is 306 g/mol. The first-order chi connectivity index (χ1) is 11.5. The van der Waals surface area contributed by atoms with Gasteiger partial charge in [-0.25, -0.2) is 4.79 Å². The van der Waals surface area contributed by atoms with Gasteiger partial charge in [-0.1, -0.05) is 0 Å². The number of hydrogen-bond acceptors (Lipinski definition) is 3. The summed E-state index contributed by atoms with van der Waals surface area (Å²) in [4.78, 5) is 28.0. The number of fused-ring (bicyclic) bond motifs is 2. The number of nitrogens with zero attached hydrogens (tertiary/aromatic N) is 2. The Labute approximate surface area is 140 Å². The Kier molecular flexibility index (Phi) is 3.48. The van der Waals surface area contributed by atoms with E-state index >= 15 is 0 Å². The molecule has 0 spiro atoms. The van der Waals surface area contributed by atoms with Gasteiger partial charge in [0.05, 0.1) is 0 Å². The summed E-state index contributed by atoms with van der Waals surface area (Å²) in [5.41, 5.74) is 2.70. The molecule has 4 rings (SSSR count). The average molecular weight is 327 g/mol. The quantitative estimate of drug-likeness (QED) is 0.876. The van der Waals surface area contributed by atoms with Crippen molar-refractivity contribution in [2.75, 3.05) is 25.0 Å². The minimum atomic E-state index is -0.105. The van der Waals surface area contributed by atoms with Crippen molar-refractivity contribution in [2.45, 2.75) is 32.7 Å². The Morgan fingerprint density at radius 3 is 2.96 bits per heavy atom. The van der Waals surface area contributed by atoms with Crippen LogP contribution in [-0.4, -0.2) is 47.4 Å². The van der Waals surface area contributed by atoms with Crippen LogP contribution in [-0.2, 0) is 4.79 Å². The van der Waals surface area contributed by atoms with Gasteiger partial charge in [0.25, 0.3) is 0 Å². The van der Waals surface area contributed by atoms with Gasteiger partial charge in [-0.3, -0.25) is 4.79 Å². The van der Waals surface area contributed by atoms with Crippen LogP contribution in [0, 0.1) is 13.8 Å². The van der Waals surface area contributed by atoms with E-state index in [-0.39, 0.29) is 18.0 Å². The lowest BCUT2D eigenvalue weighted by atomic mass is 10.1. The van der Waals surface area contributed by atoms with Crippen molar-refractivity contribution >= 4 is 28.6 Å². The third-order valence-corrected chi connectivity index (χ3v) is 5.21. The van der Waals surface area contributed by atoms with E-state index in [0.29, 0.717) is 26.1 Å². The number of benzene rings is 1. The van der Waals surface area contributed by atoms with Gasteiger partial charge in [0.2, 0.25) is 5.91 Å². The summed E-state index contributed by atoms with van der Waals surface area (Å²) >= 11 is 0. The number of carbonyl (C=O) groups is 2. The zero-order valence-electron chi connectivity index (χ0n) is 14.0. The predicted octanol–water partition coefficient (Wildman–Crippen LogP) is 2.89. The number of aryl methyl sites for hydroxylation is 2. The Morgan fingerprint density at radius 2 is 2.12 bits per heavy atom. The molecule has 2 fully saturated rings. The molecule has 1 aromatic heterocycles.